The normalized spacial score (nSPS) is 33.3. The summed E-state index contributed by atoms with van der Waals surface area (Å²) in [5, 5.41) is 0. The molecule has 8 aliphatic rings. The molecule has 8 rings (SSSR count). The molecule has 8 heterocycles. The van der Waals surface area contributed by atoms with Crippen LogP contribution in [0, 0.1) is 21.7 Å². The van der Waals surface area contributed by atoms with E-state index in [-0.39, 0.29) is 63.7 Å². The van der Waals surface area contributed by atoms with E-state index < -0.39 is 149 Å². The van der Waals surface area contributed by atoms with Crippen molar-refractivity contribution in [2.24, 2.45) is 21.7 Å². The fraction of sp³-hybridized carbons (Fsp3) is 1.00. The highest BCUT2D eigenvalue weighted by Crippen LogP contribution is 2.67. The predicted molar refractivity (Wildman–Crippen MR) is 331 cm³/mol. The van der Waals surface area contributed by atoms with E-state index in [0.717, 1.165) is 12.5 Å². The Labute approximate surface area is 539 Å². The zero-order chi connectivity index (χ0) is 66.7. The number of hydrogen-bond acceptors (Lipinski definition) is 38. The molecule has 0 N–H and O–H groups in total. The van der Waals surface area contributed by atoms with Gasteiger partial charge in [-0.1, -0.05) is 0 Å². The van der Waals surface area contributed by atoms with Gasteiger partial charge in [0.2, 0.25) is 0 Å². The first-order valence-corrected chi connectivity index (χ1v) is 50.0. The molecule has 0 unspecified atom stereocenters. The lowest BCUT2D eigenvalue weighted by molar-refractivity contribution is -0.0695. The summed E-state index contributed by atoms with van der Waals surface area (Å²) in [4.78, 5) is 0. The molecule has 54 heteroatoms. The van der Waals surface area contributed by atoms with E-state index in [1.165, 1.54) is 56.9 Å². The summed E-state index contributed by atoms with van der Waals surface area (Å²) in [6.07, 6.45) is 1.80. The molecule has 4 spiro atoms. The molecule has 0 bridgehead atoms. The van der Waals surface area contributed by atoms with Crippen LogP contribution >= 0.6 is 102 Å². The molecule has 0 amide bonds. The van der Waals surface area contributed by atoms with Gasteiger partial charge in [0.05, 0.1) is 140 Å². The first-order chi connectivity index (χ1) is 42.1. The van der Waals surface area contributed by atoms with E-state index in [2.05, 4.69) is 65.3 Å². The zero-order valence-electron chi connectivity index (χ0n) is 52.0. The minimum absolute atomic E-state index is 0.107. The van der Waals surface area contributed by atoms with Gasteiger partial charge < -0.3 is 98.9 Å². The zero-order valence-corrected chi connectivity index (χ0v) is 66.4. The van der Waals surface area contributed by atoms with Crippen molar-refractivity contribution in [3.05, 3.63) is 0 Å². The maximum Gasteiger partial charge on any atom is 0.481 e. The quantitative estimate of drug-likeness (QED) is 0.0640. The van der Waals surface area contributed by atoms with Gasteiger partial charge in [-0.25, -0.2) is 26.4 Å². The molecular formula is C36H80O38P12S2Si2. The SMILES string of the molecule is COP(=O)(OC)OP1OCC2(CO1)COP(OP(=O)(OC)OC)OC2.COP(OC)OP1OCC2(CO1)COP(OP(OC)OC)OC2.CS(=O)(=O)OP1OCC2(CO1)COP(OS(C)(=O)=O)OC2.C[Si](C)(C)OP1OCC2(CO1)COP(O[Si](C)(C)C)OC2. The summed E-state index contributed by atoms with van der Waals surface area (Å²) in [6.45, 7) is 17.6. The Morgan fingerprint density at radius 3 is 0.700 bits per heavy atom. The first-order valence-electron chi connectivity index (χ1n) is 25.7. The summed E-state index contributed by atoms with van der Waals surface area (Å²) in [5.41, 5.74) is -1.84. The molecule has 90 heavy (non-hydrogen) atoms. The second-order valence-corrected chi connectivity index (χ2v) is 51.1. The van der Waals surface area contributed by atoms with Gasteiger partial charge in [-0.05, 0) is 39.3 Å². The lowest BCUT2D eigenvalue weighted by Crippen LogP contribution is -2.45. The molecule has 0 radical (unpaired) electrons. The maximum atomic E-state index is 11.9. The Kier molecular flexibility index (Phi) is 36.5. The number of hydrogen-bond donors (Lipinski definition) is 0. The van der Waals surface area contributed by atoms with Gasteiger partial charge in [0.25, 0.3) is 20.2 Å². The predicted octanol–water partition coefficient (Wildman–Crippen LogP) is 11.6. The van der Waals surface area contributed by atoms with Gasteiger partial charge in [0, 0.05) is 56.9 Å². The van der Waals surface area contributed by atoms with Crippen molar-refractivity contribution in [1.29, 1.82) is 0 Å². The van der Waals surface area contributed by atoms with Crippen LogP contribution in [0.3, 0.4) is 0 Å². The van der Waals surface area contributed by atoms with E-state index in [4.69, 9.17) is 116 Å². The Balaban J connectivity index is 0.000000219. The molecule has 38 nitrogen and oxygen atoms in total. The topological polar surface area (TPSA) is 398 Å². The second-order valence-electron chi connectivity index (χ2n) is 21.3. The van der Waals surface area contributed by atoms with Crippen LogP contribution in [0.2, 0.25) is 39.3 Å². The van der Waals surface area contributed by atoms with Crippen LogP contribution < -0.4 is 0 Å². The molecular weight excluding hydrogens is 1530 g/mol. The van der Waals surface area contributed by atoms with Crippen molar-refractivity contribution in [3.63, 3.8) is 0 Å². The van der Waals surface area contributed by atoms with Gasteiger partial charge in [0.15, 0.2) is 16.6 Å². The highest BCUT2D eigenvalue weighted by Gasteiger charge is 2.50. The monoisotopic (exact) mass is 1610 g/mol. The van der Waals surface area contributed by atoms with E-state index in [9.17, 15) is 26.0 Å². The number of phosphoric acid groups is 2. The standard InChI is InChI=1S/C11H26O6P2Si2.C9H20O12P4.C9H20O10P4.C7H14O10P2S2/c1-20(2,3)16-18-12-7-11(8-13-18)9-14-19(15-10-11)17-21(4,5)6;1-12-24(10,13-2)20-22-16-5-9(6-17-22)7-18-23(19-8-9)21-25(11,14-3)15-4;1-10-20(11-2)18-22-14-5-9(6-15-22)7-16-23(17-8-9)19-21(12-3)13-4;1-20(8,9)16-18-12-3-7(4-13-18)5-14-19(15-6-7)17-21(2,10)11/h7-10H2,1-6H3;5-8H2,1-4H3;5-8H2,1-4H3;3-6H2,1-2H3. The summed E-state index contributed by atoms with van der Waals surface area (Å²) in [5.74, 6) is 0. The van der Waals surface area contributed by atoms with E-state index in [0.29, 0.717) is 52.9 Å². The highest BCUT2D eigenvalue weighted by molar-refractivity contribution is 7.89. The molecule has 8 saturated heterocycles. The van der Waals surface area contributed by atoms with Crippen LogP contribution in [-0.4, -0.2) is 209 Å². The third-order valence-corrected chi connectivity index (χ3v) is 32.7. The fourth-order valence-corrected chi connectivity index (χ4v) is 26.2. The molecule has 0 aromatic heterocycles. The lowest BCUT2D eigenvalue weighted by atomic mass is 9.93. The largest absolute Gasteiger partial charge is 0.481 e. The van der Waals surface area contributed by atoms with Crippen molar-refractivity contribution in [1.82, 2.24) is 0 Å². The summed E-state index contributed by atoms with van der Waals surface area (Å²) < 4.78 is 236. The Hall–Kier alpha value is 3.81. The molecule has 532 valence electrons. The Morgan fingerprint density at radius 1 is 0.333 bits per heavy atom. The third kappa shape index (κ3) is 30.4. The molecule has 8 fully saturated rings. The van der Waals surface area contributed by atoms with Crippen LogP contribution in [0.4, 0.5) is 0 Å². The van der Waals surface area contributed by atoms with E-state index >= 15 is 0 Å². The number of rotatable bonds is 24. The van der Waals surface area contributed by atoms with Crippen molar-refractivity contribution >= 4 is 139 Å². The maximum absolute atomic E-state index is 11.9. The third-order valence-electron chi connectivity index (χ3n) is 10.8. The number of phosphoric ester groups is 2. The second kappa shape index (κ2) is 38.9. The van der Waals surface area contributed by atoms with Crippen molar-refractivity contribution in [3.8, 4) is 0 Å². The first kappa shape index (κ1) is 84.5. The van der Waals surface area contributed by atoms with Crippen molar-refractivity contribution < 1.29 is 168 Å². The van der Waals surface area contributed by atoms with Crippen LogP contribution in [0.15, 0.2) is 0 Å². The lowest BCUT2D eigenvalue weighted by Gasteiger charge is -2.43. The average Bonchev–Trinajstić information content (AvgIpc) is 1.03. The smallest absolute Gasteiger partial charge is 0.355 e. The molecule has 0 atom stereocenters. The van der Waals surface area contributed by atoms with Gasteiger partial charge >= 0.3 is 102 Å². The van der Waals surface area contributed by atoms with Gasteiger partial charge in [-0.15, -0.1) is 0 Å². The average molecular weight is 1610 g/mol. The van der Waals surface area contributed by atoms with Gasteiger partial charge in [-0.2, -0.15) is 24.8 Å². The Bertz CT molecular complexity index is 2210. The van der Waals surface area contributed by atoms with Crippen LogP contribution in [-0.2, 0) is 172 Å². The summed E-state index contributed by atoms with van der Waals surface area (Å²) in [6, 6.07) is 0. The molecule has 0 saturated carbocycles. The van der Waals surface area contributed by atoms with Gasteiger partial charge in [-0.3, -0.25) is 18.1 Å². The van der Waals surface area contributed by atoms with Crippen LogP contribution in [0.5, 0.6) is 0 Å². The van der Waals surface area contributed by atoms with E-state index in [1.807, 2.05) is 0 Å². The van der Waals surface area contributed by atoms with Gasteiger partial charge in [0.1, 0.15) is 0 Å². The fourth-order valence-electron chi connectivity index (χ4n) is 6.22. The van der Waals surface area contributed by atoms with E-state index in [1.54, 1.807) is 0 Å². The van der Waals surface area contributed by atoms with Crippen LogP contribution in [0.25, 0.3) is 0 Å². The molecule has 0 aliphatic carbocycles. The minimum Gasteiger partial charge on any atom is -0.355 e. The van der Waals surface area contributed by atoms with Crippen LogP contribution in [0.1, 0.15) is 0 Å². The van der Waals surface area contributed by atoms with Crippen molar-refractivity contribution in [2.75, 3.05) is 175 Å². The molecule has 0 aromatic rings. The van der Waals surface area contributed by atoms with Crippen molar-refractivity contribution in [2.45, 2.75) is 39.3 Å². The summed E-state index contributed by atoms with van der Waals surface area (Å²) in [7, 11) is -23.3. The minimum atomic E-state index is -3.70. The highest BCUT2D eigenvalue weighted by atomic mass is 32.2. The Morgan fingerprint density at radius 2 is 0.522 bits per heavy atom. The summed E-state index contributed by atoms with van der Waals surface area (Å²) >= 11 is 0. The molecule has 0 aromatic carbocycles. The molecule has 8 aliphatic heterocycles.